The Kier molecular flexibility index (Phi) is 8.52. The van der Waals surface area contributed by atoms with Gasteiger partial charge < -0.3 is 14.2 Å². The number of hydrazone groups is 1. The van der Waals surface area contributed by atoms with Crippen LogP contribution in [0.5, 0.6) is 17.2 Å². The van der Waals surface area contributed by atoms with E-state index in [2.05, 4.69) is 10.5 Å². The molecule has 0 aromatic heterocycles. The van der Waals surface area contributed by atoms with E-state index in [1.54, 1.807) is 92.0 Å². The van der Waals surface area contributed by atoms with Gasteiger partial charge in [-0.15, -0.1) is 0 Å². The molecule has 7 nitrogen and oxygen atoms in total. The highest BCUT2D eigenvalue weighted by Crippen LogP contribution is 2.20. The third-order valence-corrected chi connectivity index (χ3v) is 5.49. The minimum atomic E-state index is -0.478. The quantitative estimate of drug-likeness (QED) is 0.130. The van der Waals surface area contributed by atoms with Gasteiger partial charge in [-0.05, 0) is 83.9 Å². The summed E-state index contributed by atoms with van der Waals surface area (Å²) in [5.74, 6) is 0.587. The fourth-order valence-corrected chi connectivity index (χ4v) is 3.39. The lowest BCUT2D eigenvalue weighted by molar-refractivity contribution is 0.0734. The second-order valence-electron chi connectivity index (χ2n) is 7.80. The Bertz CT molecular complexity index is 1390. The molecule has 4 aromatic rings. The zero-order valence-electron chi connectivity index (χ0n) is 19.9. The minimum Gasteiger partial charge on any atom is -0.497 e. The molecule has 1 amide bonds. The summed E-state index contributed by atoms with van der Waals surface area (Å²) in [6.07, 6.45) is 1.49. The van der Waals surface area contributed by atoms with Gasteiger partial charge in [0.1, 0.15) is 23.9 Å². The van der Waals surface area contributed by atoms with Gasteiger partial charge >= 0.3 is 5.97 Å². The van der Waals surface area contributed by atoms with E-state index in [0.717, 1.165) is 5.56 Å². The van der Waals surface area contributed by atoms with Crippen molar-refractivity contribution in [2.45, 2.75) is 6.61 Å². The molecule has 0 aliphatic carbocycles. The fourth-order valence-electron chi connectivity index (χ4n) is 3.26. The van der Waals surface area contributed by atoms with Crippen molar-refractivity contribution in [2.24, 2.45) is 5.10 Å². The molecular weight excluding hydrogens is 492 g/mol. The number of ether oxygens (including phenoxy) is 3. The summed E-state index contributed by atoms with van der Waals surface area (Å²) in [7, 11) is 1.56. The van der Waals surface area contributed by atoms with Crippen LogP contribution in [0.1, 0.15) is 31.8 Å². The van der Waals surface area contributed by atoms with Gasteiger partial charge in [-0.2, -0.15) is 5.10 Å². The molecular formula is C29H23ClN2O5. The van der Waals surface area contributed by atoms with Crippen LogP contribution in [0, 0.1) is 0 Å². The largest absolute Gasteiger partial charge is 0.497 e. The van der Waals surface area contributed by atoms with Gasteiger partial charge in [-0.1, -0.05) is 35.9 Å². The van der Waals surface area contributed by atoms with Crippen molar-refractivity contribution in [3.63, 3.8) is 0 Å². The summed E-state index contributed by atoms with van der Waals surface area (Å²) in [6.45, 7) is 0.292. The number of amides is 1. The van der Waals surface area contributed by atoms with E-state index in [-0.39, 0.29) is 0 Å². The standard InChI is InChI=1S/C29H23ClN2O5/c1-35-24-16-10-22(11-17-24)29(34)37-25-14-8-20(9-15-25)18-31-32-28(33)26-4-2-3-5-27(26)36-19-21-6-12-23(30)13-7-21/h2-18H,19H2,1H3,(H,32,33). The smallest absolute Gasteiger partial charge is 0.343 e. The number of hydrogen-bond donors (Lipinski definition) is 1. The minimum absolute atomic E-state index is 0.292. The number of carbonyl (C=O) groups excluding carboxylic acids is 2. The van der Waals surface area contributed by atoms with Crippen molar-refractivity contribution in [3.8, 4) is 17.2 Å². The molecule has 0 atom stereocenters. The highest BCUT2D eigenvalue weighted by atomic mass is 35.5. The molecule has 0 spiro atoms. The lowest BCUT2D eigenvalue weighted by Crippen LogP contribution is -2.18. The van der Waals surface area contributed by atoms with Gasteiger partial charge in [0.25, 0.3) is 5.91 Å². The van der Waals surface area contributed by atoms with Crippen molar-refractivity contribution in [3.05, 3.63) is 124 Å². The van der Waals surface area contributed by atoms with Crippen LogP contribution in [0.4, 0.5) is 0 Å². The maximum Gasteiger partial charge on any atom is 0.343 e. The lowest BCUT2D eigenvalue weighted by Gasteiger charge is -2.10. The average molecular weight is 515 g/mol. The second-order valence-corrected chi connectivity index (χ2v) is 8.23. The van der Waals surface area contributed by atoms with E-state index in [1.807, 2.05) is 12.1 Å². The van der Waals surface area contributed by atoms with E-state index < -0.39 is 11.9 Å². The third-order valence-electron chi connectivity index (χ3n) is 5.24. The van der Waals surface area contributed by atoms with E-state index in [4.69, 9.17) is 25.8 Å². The van der Waals surface area contributed by atoms with Crippen LogP contribution >= 0.6 is 11.6 Å². The van der Waals surface area contributed by atoms with Gasteiger partial charge in [-0.25, -0.2) is 10.2 Å². The molecule has 1 N–H and O–H groups in total. The van der Waals surface area contributed by atoms with E-state index in [0.29, 0.717) is 45.6 Å². The third kappa shape index (κ3) is 7.19. The van der Waals surface area contributed by atoms with Crippen LogP contribution in [0.25, 0.3) is 0 Å². The monoisotopic (exact) mass is 514 g/mol. The first-order chi connectivity index (χ1) is 18.0. The van der Waals surface area contributed by atoms with Crippen molar-refractivity contribution in [1.82, 2.24) is 5.43 Å². The zero-order valence-corrected chi connectivity index (χ0v) is 20.6. The molecule has 186 valence electrons. The first-order valence-corrected chi connectivity index (χ1v) is 11.7. The topological polar surface area (TPSA) is 86.2 Å². The SMILES string of the molecule is COc1ccc(C(=O)Oc2ccc(C=NNC(=O)c3ccccc3OCc3ccc(Cl)cc3)cc2)cc1. The predicted molar refractivity (Wildman–Crippen MR) is 142 cm³/mol. The highest BCUT2D eigenvalue weighted by Gasteiger charge is 2.12. The van der Waals surface area contributed by atoms with Crippen LogP contribution in [-0.4, -0.2) is 25.2 Å². The molecule has 0 bridgehead atoms. The predicted octanol–water partition coefficient (Wildman–Crippen LogP) is 5.91. The Labute approximate surface area is 219 Å². The molecule has 4 aromatic carbocycles. The van der Waals surface area contributed by atoms with Gasteiger partial charge in [0.05, 0.1) is 24.5 Å². The number of nitrogens with zero attached hydrogens (tertiary/aromatic N) is 1. The van der Waals surface area contributed by atoms with Gasteiger partial charge in [0.15, 0.2) is 0 Å². The number of nitrogens with one attached hydrogen (secondary N) is 1. The second kappa shape index (κ2) is 12.4. The van der Waals surface area contributed by atoms with E-state index in [1.165, 1.54) is 6.21 Å². The number of methoxy groups -OCH3 is 1. The molecule has 0 aliphatic rings. The maximum absolute atomic E-state index is 12.7. The molecule has 0 aliphatic heterocycles. The molecule has 4 rings (SSSR count). The summed E-state index contributed by atoms with van der Waals surface area (Å²) >= 11 is 5.92. The normalized spacial score (nSPS) is 10.6. The van der Waals surface area contributed by atoms with Gasteiger partial charge in [-0.3, -0.25) is 4.79 Å². The number of rotatable bonds is 9. The average Bonchev–Trinajstić information content (AvgIpc) is 2.94. The summed E-state index contributed by atoms with van der Waals surface area (Å²) in [4.78, 5) is 25.0. The first kappa shape index (κ1) is 25.5. The van der Waals surface area contributed by atoms with Crippen molar-refractivity contribution in [2.75, 3.05) is 7.11 Å². The summed E-state index contributed by atoms with van der Waals surface area (Å²) < 4.78 is 16.3. The van der Waals surface area contributed by atoms with E-state index >= 15 is 0 Å². The summed E-state index contributed by atoms with van der Waals surface area (Å²) in [5.41, 5.74) is 4.91. The van der Waals surface area contributed by atoms with Crippen LogP contribution in [0.2, 0.25) is 5.02 Å². The molecule has 0 heterocycles. The molecule has 37 heavy (non-hydrogen) atoms. The number of esters is 1. The first-order valence-electron chi connectivity index (χ1n) is 11.3. The molecule has 0 unspecified atom stereocenters. The molecule has 0 saturated heterocycles. The maximum atomic E-state index is 12.7. The number of hydrogen-bond acceptors (Lipinski definition) is 6. The fraction of sp³-hybridized carbons (Fsp3) is 0.0690. The Balaban J connectivity index is 1.31. The Hall–Kier alpha value is -4.62. The number of halogens is 1. The van der Waals surface area contributed by atoms with Crippen molar-refractivity contribution < 1.29 is 23.8 Å². The van der Waals surface area contributed by atoms with Crippen molar-refractivity contribution >= 4 is 29.7 Å². The zero-order chi connectivity index (χ0) is 26.0. The molecule has 0 radical (unpaired) electrons. The van der Waals surface area contributed by atoms with Crippen molar-refractivity contribution in [1.29, 1.82) is 0 Å². The lowest BCUT2D eigenvalue weighted by atomic mass is 10.2. The molecule has 0 fully saturated rings. The van der Waals surface area contributed by atoms with Gasteiger partial charge in [0, 0.05) is 5.02 Å². The van der Waals surface area contributed by atoms with Crippen LogP contribution in [0.3, 0.4) is 0 Å². The number of carbonyl (C=O) groups is 2. The Morgan fingerprint density at radius 2 is 1.54 bits per heavy atom. The van der Waals surface area contributed by atoms with Gasteiger partial charge in [0.2, 0.25) is 0 Å². The van der Waals surface area contributed by atoms with Crippen LogP contribution in [0.15, 0.2) is 102 Å². The highest BCUT2D eigenvalue weighted by molar-refractivity contribution is 6.30. The Morgan fingerprint density at radius 3 is 2.24 bits per heavy atom. The number of benzene rings is 4. The number of para-hydroxylation sites is 1. The Morgan fingerprint density at radius 1 is 0.865 bits per heavy atom. The van der Waals surface area contributed by atoms with Crippen LogP contribution < -0.4 is 19.6 Å². The molecule has 8 heteroatoms. The summed E-state index contributed by atoms with van der Waals surface area (Å²) in [5, 5.41) is 4.67. The molecule has 0 saturated carbocycles. The van der Waals surface area contributed by atoms with Crippen LogP contribution in [-0.2, 0) is 6.61 Å². The summed E-state index contributed by atoms with van der Waals surface area (Å²) in [6, 6.07) is 27.6. The van der Waals surface area contributed by atoms with E-state index in [9.17, 15) is 9.59 Å².